The zero-order valence-corrected chi connectivity index (χ0v) is 14.7. The van der Waals surface area contributed by atoms with Crippen molar-refractivity contribution in [2.24, 2.45) is 0 Å². The number of nitrogens with one attached hydrogen (secondary N) is 2. The summed E-state index contributed by atoms with van der Waals surface area (Å²) in [6, 6.07) is 10.9. The number of amides is 1. The Morgan fingerprint density at radius 3 is 2.54 bits per heavy atom. The maximum Gasteiger partial charge on any atom is 0.264 e. The second kappa shape index (κ2) is 7.79. The summed E-state index contributed by atoms with van der Waals surface area (Å²) in [6.45, 7) is 5.62. The molecule has 0 saturated carbocycles. The summed E-state index contributed by atoms with van der Waals surface area (Å²) in [5, 5.41) is 15.2. The molecule has 2 aromatic carbocycles. The molecule has 0 spiro atoms. The van der Waals surface area contributed by atoms with Gasteiger partial charge >= 0.3 is 0 Å². The Morgan fingerprint density at radius 2 is 1.79 bits per heavy atom. The Balaban J connectivity index is 1.89. The average Bonchev–Trinajstić information content (AvgIpc) is 2.51. The van der Waals surface area contributed by atoms with Crippen LogP contribution < -0.4 is 15.4 Å². The van der Waals surface area contributed by atoms with E-state index >= 15 is 0 Å². The van der Waals surface area contributed by atoms with Crippen molar-refractivity contribution in [1.82, 2.24) is 5.32 Å². The lowest BCUT2D eigenvalue weighted by atomic mass is 10.1. The molecule has 0 aliphatic carbocycles. The number of hydrogen-bond acceptors (Lipinski definition) is 4. The summed E-state index contributed by atoms with van der Waals surface area (Å²) < 4.78 is 5.52. The molecule has 126 valence electrons. The fourth-order valence-corrected chi connectivity index (χ4v) is 2.30. The quantitative estimate of drug-likeness (QED) is 0.587. The molecule has 0 aliphatic heterocycles. The first-order valence-corrected chi connectivity index (χ1v) is 7.86. The molecular weight excluding hydrogens is 324 g/mol. The maximum atomic E-state index is 11.9. The summed E-state index contributed by atoms with van der Waals surface area (Å²) >= 11 is 5.08. The van der Waals surface area contributed by atoms with Crippen LogP contribution in [0.25, 0.3) is 0 Å². The Bertz CT molecular complexity index is 775. The van der Waals surface area contributed by atoms with Crippen LogP contribution in [0.3, 0.4) is 0 Å². The van der Waals surface area contributed by atoms with Crippen LogP contribution in [0, 0.1) is 20.8 Å². The third kappa shape index (κ3) is 4.96. The number of phenols is 1. The monoisotopic (exact) mass is 344 g/mol. The molecule has 2 aromatic rings. The van der Waals surface area contributed by atoms with Crippen LogP contribution in [0.4, 0.5) is 5.69 Å². The second-order valence-electron chi connectivity index (χ2n) is 5.58. The van der Waals surface area contributed by atoms with Gasteiger partial charge in [-0.3, -0.25) is 10.1 Å². The van der Waals surface area contributed by atoms with Gasteiger partial charge in [-0.2, -0.15) is 0 Å². The van der Waals surface area contributed by atoms with Crippen LogP contribution in [0.1, 0.15) is 16.7 Å². The van der Waals surface area contributed by atoms with E-state index < -0.39 is 0 Å². The maximum absolute atomic E-state index is 11.9. The van der Waals surface area contributed by atoms with E-state index in [1.165, 1.54) is 0 Å². The largest absolute Gasteiger partial charge is 0.506 e. The van der Waals surface area contributed by atoms with Crippen molar-refractivity contribution in [1.29, 1.82) is 0 Å². The van der Waals surface area contributed by atoms with Gasteiger partial charge in [0.1, 0.15) is 11.5 Å². The lowest BCUT2D eigenvalue weighted by Gasteiger charge is -2.13. The lowest BCUT2D eigenvalue weighted by Crippen LogP contribution is -2.37. The minimum absolute atomic E-state index is 0.0591. The fraction of sp³-hybridized carbons (Fsp3) is 0.222. The minimum Gasteiger partial charge on any atom is -0.506 e. The summed E-state index contributed by atoms with van der Waals surface area (Å²) in [6.07, 6.45) is 0. The molecule has 0 atom stereocenters. The molecule has 0 heterocycles. The molecular formula is C18H20N2O3S. The molecule has 0 bridgehead atoms. The van der Waals surface area contributed by atoms with Crippen LogP contribution >= 0.6 is 12.2 Å². The van der Waals surface area contributed by atoms with Gasteiger partial charge in [0.25, 0.3) is 5.91 Å². The first-order valence-electron chi connectivity index (χ1n) is 7.45. The molecule has 0 radical (unpaired) electrons. The van der Waals surface area contributed by atoms with Crippen molar-refractivity contribution >= 4 is 28.9 Å². The predicted octanol–water partition coefficient (Wildman–Crippen LogP) is 3.21. The number of rotatable bonds is 4. The molecule has 24 heavy (non-hydrogen) atoms. The van der Waals surface area contributed by atoms with E-state index in [0.717, 1.165) is 16.7 Å². The van der Waals surface area contributed by atoms with E-state index in [0.29, 0.717) is 11.4 Å². The van der Waals surface area contributed by atoms with E-state index in [4.69, 9.17) is 17.0 Å². The number of hydrogen-bond donors (Lipinski definition) is 3. The number of carbonyl (C=O) groups excluding carboxylic acids is 1. The van der Waals surface area contributed by atoms with Gasteiger partial charge in [-0.05, 0) is 67.9 Å². The lowest BCUT2D eigenvalue weighted by molar-refractivity contribution is -0.121. The van der Waals surface area contributed by atoms with Crippen LogP contribution in [0.2, 0.25) is 0 Å². The highest BCUT2D eigenvalue weighted by atomic mass is 32.1. The first kappa shape index (κ1) is 17.7. The summed E-state index contributed by atoms with van der Waals surface area (Å²) in [4.78, 5) is 11.9. The molecule has 6 heteroatoms. The van der Waals surface area contributed by atoms with Crippen LogP contribution in [0.15, 0.2) is 36.4 Å². The highest BCUT2D eigenvalue weighted by molar-refractivity contribution is 7.80. The molecule has 0 aliphatic rings. The second-order valence-corrected chi connectivity index (χ2v) is 5.99. The van der Waals surface area contributed by atoms with Crippen molar-refractivity contribution in [3.63, 3.8) is 0 Å². The number of thiocarbonyl (C=S) groups is 1. The number of ether oxygens (including phenoxy) is 1. The Kier molecular flexibility index (Phi) is 5.76. The van der Waals surface area contributed by atoms with E-state index in [2.05, 4.69) is 10.6 Å². The van der Waals surface area contributed by atoms with Gasteiger partial charge < -0.3 is 15.2 Å². The van der Waals surface area contributed by atoms with Crippen molar-refractivity contribution in [2.75, 3.05) is 11.9 Å². The van der Waals surface area contributed by atoms with Gasteiger partial charge in [0, 0.05) is 0 Å². The van der Waals surface area contributed by atoms with Gasteiger partial charge in [0.05, 0.1) is 5.69 Å². The molecule has 0 unspecified atom stereocenters. The average molecular weight is 344 g/mol. The summed E-state index contributed by atoms with van der Waals surface area (Å²) in [7, 11) is 0. The number of phenolic OH excluding ortho intramolecular Hbond substituents is 1. The number of anilines is 1. The normalized spacial score (nSPS) is 10.1. The minimum atomic E-state index is -0.374. The number of aryl methyl sites for hydroxylation is 3. The van der Waals surface area contributed by atoms with Crippen molar-refractivity contribution in [2.45, 2.75) is 20.8 Å². The van der Waals surface area contributed by atoms with Gasteiger partial charge in [-0.1, -0.05) is 18.2 Å². The van der Waals surface area contributed by atoms with Crippen LogP contribution in [0.5, 0.6) is 11.5 Å². The predicted molar refractivity (Wildman–Crippen MR) is 98.6 cm³/mol. The van der Waals surface area contributed by atoms with E-state index in [9.17, 15) is 9.90 Å². The molecule has 0 fully saturated rings. The Labute approximate surface area is 146 Å². The molecule has 5 nitrogen and oxygen atoms in total. The summed E-state index contributed by atoms with van der Waals surface area (Å²) in [5.74, 6) is 0.352. The highest BCUT2D eigenvalue weighted by Crippen LogP contribution is 2.23. The standard InChI is InChI=1S/C18H20N2O3S/c1-11-5-7-15(21)14(8-11)19-18(24)20-17(22)10-23-16-9-12(2)4-6-13(16)3/h4-9,21H,10H2,1-3H3,(H2,19,20,22,24). The van der Waals surface area contributed by atoms with E-state index in [1.54, 1.807) is 18.2 Å². The van der Waals surface area contributed by atoms with Gasteiger partial charge in [-0.15, -0.1) is 0 Å². The third-order valence-electron chi connectivity index (χ3n) is 3.36. The molecule has 3 N–H and O–H groups in total. The van der Waals surface area contributed by atoms with Crippen molar-refractivity contribution in [3.05, 3.63) is 53.1 Å². The third-order valence-corrected chi connectivity index (χ3v) is 3.56. The Hall–Kier alpha value is -2.60. The topological polar surface area (TPSA) is 70.6 Å². The highest BCUT2D eigenvalue weighted by Gasteiger charge is 2.09. The summed E-state index contributed by atoms with van der Waals surface area (Å²) in [5.41, 5.74) is 3.42. The van der Waals surface area contributed by atoms with Gasteiger partial charge in [0.15, 0.2) is 11.7 Å². The first-order chi connectivity index (χ1) is 11.3. The molecule has 0 saturated heterocycles. The SMILES string of the molecule is Cc1ccc(O)c(NC(=S)NC(=O)COc2cc(C)ccc2C)c1. The molecule has 1 amide bonds. The zero-order chi connectivity index (χ0) is 17.7. The number of benzene rings is 2. The van der Waals surface area contributed by atoms with Crippen molar-refractivity contribution < 1.29 is 14.6 Å². The van der Waals surface area contributed by atoms with E-state index in [-0.39, 0.29) is 23.4 Å². The molecule has 2 rings (SSSR count). The van der Waals surface area contributed by atoms with Crippen molar-refractivity contribution in [3.8, 4) is 11.5 Å². The van der Waals surface area contributed by atoms with Crippen LogP contribution in [-0.2, 0) is 4.79 Å². The van der Waals surface area contributed by atoms with Crippen LogP contribution in [-0.4, -0.2) is 22.7 Å². The smallest absolute Gasteiger partial charge is 0.264 e. The number of carbonyl (C=O) groups is 1. The number of aromatic hydroxyl groups is 1. The van der Waals surface area contributed by atoms with E-state index in [1.807, 2.05) is 39.0 Å². The molecule has 0 aromatic heterocycles. The van der Waals surface area contributed by atoms with Gasteiger partial charge in [0.2, 0.25) is 0 Å². The Morgan fingerprint density at radius 1 is 1.12 bits per heavy atom. The fourth-order valence-electron chi connectivity index (χ4n) is 2.07. The zero-order valence-electron chi connectivity index (χ0n) is 13.8. The van der Waals surface area contributed by atoms with Gasteiger partial charge in [-0.25, -0.2) is 0 Å².